The van der Waals surface area contributed by atoms with Gasteiger partial charge in [0.2, 0.25) is 0 Å². The summed E-state index contributed by atoms with van der Waals surface area (Å²) in [7, 11) is 3.94. The average Bonchev–Trinajstić information content (AvgIpc) is 3.23. The molecule has 124 valence electrons. The Bertz CT molecular complexity index is 846. The summed E-state index contributed by atoms with van der Waals surface area (Å²) in [5.74, 6) is 2.64. The summed E-state index contributed by atoms with van der Waals surface area (Å²) in [5, 5.41) is 1.05. The third kappa shape index (κ3) is 2.62. The topological polar surface area (TPSA) is 70.2 Å². The number of aromatic amines is 1. The molecule has 0 bridgehead atoms. The highest BCUT2D eigenvalue weighted by atomic mass is 16.5. The second-order valence-corrected chi connectivity index (χ2v) is 6.13. The molecule has 0 amide bonds. The third-order valence-electron chi connectivity index (χ3n) is 4.25. The van der Waals surface area contributed by atoms with Gasteiger partial charge in [-0.3, -0.25) is 0 Å². The van der Waals surface area contributed by atoms with E-state index in [1.165, 1.54) is 0 Å². The van der Waals surface area contributed by atoms with Crippen LogP contribution in [0.25, 0.3) is 11.0 Å². The molecule has 3 aromatic heterocycles. The lowest BCUT2D eigenvalue weighted by molar-refractivity contribution is 0.225. The molecule has 1 aliphatic rings. The minimum Gasteiger partial charge on any atom is -0.485 e. The number of anilines is 2. The number of fused-ring (bicyclic) bond motifs is 1. The molecule has 24 heavy (non-hydrogen) atoms. The van der Waals surface area contributed by atoms with Crippen LogP contribution in [0.3, 0.4) is 0 Å². The van der Waals surface area contributed by atoms with Crippen molar-refractivity contribution >= 4 is 22.7 Å². The Hall–Kier alpha value is -2.83. The highest BCUT2D eigenvalue weighted by Gasteiger charge is 2.27. The van der Waals surface area contributed by atoms with Gasteiger partial charge in [0, 0.05) is 39.5 Å². The molecule has 1 fully saturated rings. The van der Waals surface area contributed by atoms with Crippen molar-refractivity contribution in [3.63, 3.8) is 0 Å². The van der Waals surface area contributed by atoms with Crippen LogP contribution in [0.4, 0.5) is 11.6 Å². The van der Waals surface area contributed by atoms with Gasteiger partial charge in [-0.25, -0.2) is 15.0 Å². The SMILES string of the molecule is CN(C)c1ncccc1O[C@@H]1CCN(c2ncnc3[nH]ccc23)C1. The van der Waals surface area contributed by atoms with Crippen LogP contribution in [0.5, 0.6) is 5.75 Å². The van der Waals surface area contributed by atoms with E-state index in [0.29, 0.717) is 0 Å². The lowest BCUT2D eigenvalue weighted by Gasteiger charge is -2.21. The van der Waals surface area contributed by atoms with Crippen molar-refractivity contribution in [3.05, 3.63) is 36.9 Å². The number of pyridine rings is 1. The molecular formula is C17H20N6O. The first-order valence-corrected chi connectivity index (χ1v) is 8.04. The largest absolute Gasteiger partial charge is 0.485 e. The maximum atomic E-state index is 6.22. The molecule has 4 heterocycles. The minimum absolute atomic E-state index is 0.122. The van der Waals surface area contributed by atoms with Crippen molar-refractivity contribution in [1.29, 1.82) is 0 Å². The van der Waals surface area contributed by atoms with Crippen LogP contribution in [-0.4, -0.2) is 53.2 Å². The summed E-state index contributed by atoms with van der Waals surface area (Å²) in [4.78, 5) is 20.5. The lowest BCUT2D eigenvalue weighted by atomic mass is 10.3. The number of hydrogen-bond donors (Lipinski definition) is 1. The zero-order valence-electron chi connectivity index (χ0n) is 13.8. The predicted molar refractivity (Wildman–Crippen MR) is 93.7 cm³/mol. The summed E-state index contributed by atoms with van der Waals surface area (Å²) in [6.45, 7) is 1.72. The fourth-order valence-corrected chi connectivity index (χ4v) is 3.12. The Balaban J connectivity index is 1.52. The van der Waals surface area contributed by atoms with Gasteiger partial charge in [-0.2, -0.15) is 0 Å². The van der Waals surface area contributed by atoms with E-state index in [9.17, 15) is 0 Å². The lowest BCUT2D eigenvalue weighted by Crippen LogP contribution is -2.26. The van der Waals surface area contributed by atoms with E-state index in [2.05, 4.69) is 24.8 Å². The molecule has 3 aromatic rings. The number of aromatic nitrogens is 4. The second kappa shape index (κ2) is 5.99. The quantitative estimate of drug-likeness (QED) is 0.792. The van der Waals surface area contributed by atoms with Crippen molar-refractivity contribution < 1.29 is 4.74 Å². The highest BCUT2D eigenvalue weighted by molar-refractivity contribution is 5.87. The van der Waals surface area contributed by atoms with Crippen LogP contribution in [0.15, 0.2) is 36.9 Å². The Kier molecular flexibility index (Phi) is 3.68. The van der Waals surface area contributed by atoms with Gasteiger partial charge in [-0.15, -0.1) is 0 Å². The highest BCUT2D eigenvalue weighted by Crippen LogP contribution is 2.29. The number of H-pyrrole nitrogens is 1. The van der Waals surface area contributed by atoms with Crippen LogP contribution in [0, 0.1) is 0 Å². The van der Waals surface area contributed by atoms with Crippen LogP contribution < -0.4 is 14.5 Å². The van der Waals surface area contributed by atoms with E-state index in [0.717, 1.165) is 47.9 Å². The molecule has 0 aliphatic carbocycles. The van der Waals surface area contributed by atoms with Crippen molar-refractivity contribution in [2.45, 2.75) is 12.5 Å². The summed E-state index contributed by atoms with van der Waals surface area (Å²) < 4.78 is 6.22. The zero-order chi connectivity index (χ0) is 16.5. The van der Waals surface area contributed by atoms with E-state index in [-0.39, 0.29) is 6.10 Å². The van der Waals surface area contributed by atoms with E-state index >= 15 is 0 Å². The Morgan fingerprint density at radius 2 is 2.17 bits per heavy atom. The molecule has 1 aliphatic heterocycles. The monoisotopic (exact) mass is 324 g/mol. The molecule has 7 heteroatoms. The molecule has 1 saturated heterocycles. The summed E-state index contributed by atoms with van der Waals surface area (Å²) in [6.07, 6.45) is 6.36. The summed E-state index contributed by atoms with van der Waals surface area (Å²) >= 11 is 0. The molecule has 0 spiro atoms. The molecule has 1 atom stereocenters. The third-order valence-corrected chi connectivity index (χ3v) is 4.25. The van der Waals surface area contributed by atoms with Crippen LogP contribution in [0.1, 0.15) is 6.42 Å². The van der Waals surface area contributed by atoms with Crippen molar-refractivity contribution in [2.24, 2.45) is 0 Å². The van der Waals surface area contributed by atoms with Crippen LogP contribution >= 0.6 is 0 Å². The number of ether oxygens (including phenoxy) is 1. The molecule has 0 radical (unpaired) electrons. The smallest absolute Gasteiger partial charge is 0.170 e. The fraction of sp³-hybridized carbons (Fsp3) is 0.353. The molecule has 0 aromatic carbocycles. The molecule has 0 saturated carbocycles. The normalized spacial score (nSPS) is 17.4. The predicted octanol–water partition coefficient (Wildman–Crippen LogP) is 2.08. The minimum atomic E-state index is 0.122. The van der Waals surface area contributed by atoms with Crippen LogP contribution in [-0.2, 0) is 0 Å². The standard InChI is InChI=1S/C17H20N6O/c1-22(2)17-14(4-3-7-19-17)24-12-6-9-23(10-12)16-13-5-8-18-15(13)20-11-21-16/h3-5,7-8,11-12H,6,9-10H2,1-2H3,(H,18,20,21)/t12-/m1/s1. The van der Waals surface area contributed by atoms with Crippen molar-refractivity contribution in [3.8, 4) is 5.75 Å². The van der Waals surface area contributed by atoms with Crippen LogP contribution in [0.2, 0.25) is 0 Å². The first-order chi connectivity index (χ1) is 11.7. The molecular weight excluding hydrogens is 304 g/mol. The summed E-state index contributed by atoms with van der Waals surface area (Å²) in [6, 6.07) is 5.90. The Morgan fingerprint density at radius 1 is 1.25 bits per heavy atom. The first kappa shape index (κ1) is 14.7. The maximum absolute atomic E-state index is 6.22. The van der Waals surface area contributed by atoms with E-state index in [1.807, 2.05) is 43.4 Å². The van der Waals surface area contributed by atoms with Gasteiger partial charge >= 0.3 is 0 Å². The molecule has 1 N–H and O–H groups in total. The molecule has 7 nitrogen and oxygen atoms in total. The van der Waals surface area contributed by atoms with Gasteiger partial charge in [0.15, 0.2) is 11.6 Å². The molecule has 0 unspecified atom stereocenters. The number of nitrogens with zero attached hydrogens (tertiary/aromatic N) is 5. The van der Waals surface area contributed by atoms with E-state index in [1.54, 1.807) is 12.5 Å². The van der Waals surface area contributed by atoms with E-state index in [4.69, 9.17) is 4.74 Å². The van der Waals surface area contributed by atoms with Gasteiger partial charge in [0.1, 0.15) is 23.9 Å². The first-order valence-electron chi connectivity index (χ1n) is 8.04. The van der Waals surface area contributed by atoms with Gasteiger partial charge in [0.25, 0.3) is 0 Å². The maximum Gasteiger partial charge on any atom is 0.170 e. The Morgan fingerprint density at radius 3 is 3.04 bits per heavy atom. The van der Waals surface area contributed by atoms with Gasteiger partial charge in [-0.05, 0) is 18.2 Å². The number of rotatable bonds is 4. The fourth-order valence-electron chi connectivity index (χ4n) is 3.12. The zero-order valence-corrected chi connectivity index (χ0v) is 13.8. The molecule has 4 rings (SSSR count). The number of nitrogens with one attached hydrogen (secondary N) is 1. The number of hydrogen-bond acceptors (Lipinski definition) is 6. The van der Waals surface area contributed by atoms with Crippen molar-refractivity contribution in [1.82, 2.24) is 19.9 Å². The average molecular weight is 324 g/mol. The van der Waals surface area contributed by atoms with Gasteiger partial charge in [0.05, 0.1) is 11.9 Å². The van der Waals surface area contributed by atoms with Gasteiger partial charge < -0.3 is 19.5 Å². The second-order valence-electron chi connectivity index (χ2n) is 6.13. The Labute approximate surface area is 140 Å². The summed E-state index contributed by atoms with van der Waals surface area (Å²) in [5.41, 5.74) is 0.867. The van der Waals surface area contributed by atoms with E-state index < -0.39 is 0 Å². The van der Waals surface area contributed by atoms with Gasteiger partial charge in [-0.1, -0.05) is 0 Å². The van der Waals surface area contributed by atoms with Crippen molar-refractivity contribution in [2.75, 3.05) is 37.0 Å².